The number of carbonyl (C=O) groups excluding carboxylic acids is 1. The summed E-state index contributed by atoms with van der Waals surface area (Å²) < 4.78 is 5.55. The Morgan fingerprint density at radius 3 is 2.78 bits per heavy atom. The molecular weight excluding hydrogens is 338 g/mol. The van der Waals surface area contributed by atoms with Crippen LogP contribution in [0, 0.1) is 6.92 Å². The fourth-order valence-electron chi connectivity index (χ4n) is 3.69. The molecule has 27 heavy (non-hydrogen) atoms. The number of hydrogen-bond acceptors (Lipinski definition) is 4. The average molecular weight is 361 g/mol. The first-order valence-corrected chi connectivity index (χ1v) is 9.39. The quantitative estimate of drug-likeness (QED) is 0.686. The van der Waals surface area contributed by atoms with E-state index < -0.39 is 0 Å². The average Bonchev–Trinajstić information content (AvgIpc) is 3.37. The van der Waals surface area contributed by atoms with E-state index in [-0.39, 0.29) is 17.9 Å². The van der Waals surface area contributed by atoms with Gasteiger partial charge < -0.3 is 9.42 Å². The van der Waals surface area contributed by atoms with Crippen molar-refractivity contribution in [2.75, 3.05) is 6.54 Å². The maximum atomic E-state index is 13.1. The summed E-state index contributed by atoms with van der Waals surface area (Å²) in [6.45, 7) is 4.72. The Labute approximate surface area is 159 Å². The number of rotatable bonds is 4. The number of nitrogens with zero attached hydrogens (tertiary/aromatic N) is 3. The molecule has 3 aromatic rings. The van der Waals surface area contributed by atoms with Crippen LogP contribution in [0.2, 0.25) is 0 Å². The molecule has 0 N–H and O–H groups in total. The van der Waals surface area contributed by atoms with E-state index in [2.05, 4.69) is 10.1 Å². The van der Waals surface area contributed by atoms with Crippen molar-refractivity contribution in [2.45, 2.75) is 38.6 Å². The molecule has 2 unspecified atom stereocenters. The van der Waals surface area contributed by atoms with Crippen LogP contribution in [0.15, 0.2) is 59.1 Å². The molecule has 0 aliphatic carbocycles. The van der Waals surface area contributed by atoms with E-state index in [0.29, 0.717) is 11.7 Å². The fraction of sp³-hybridized carbons (Fsp3) is 0.318. The Kier molecular flexibility index (Phi) is 4.75. The van der Waals surface area contributed by atoms with Gasteiger partial charge in [0.2, 0.25) is 17.6 Å². The van der Waals surface area contributed by atoms with Gasteiger partial charge in [-0.1, -0.05) is 59.3 Å². The Balaban J connectivity index is 1.56. The third-order valence-corrected chi connectivity index (χ3v) is 5.21. The van der Waals surface area contributed by atoms with E-state index in [1.165, 1.54) is 0 Å². The first kappa shape index (κ1) is 17.5. The van der Waals surface area contributed by atoms with Gasteiger partial charge in [0.25, 0.3) is 0 Å². The number of hydrogen-bond donors (Lipinski definition) is 0. The molecule has 138 valence electrons. The lowest BCUT2D eigenvalue weighted by Crippen LogP contribution is -2.34. The van der Waals surface area contributed by atoms with Gasteiger partial charge in [-0.3, -0.25) is 4.79 Å². The van der Waals surface area contributed by atoms with Crippen molar-refractivity contribution in [1.82, 2.24) is 15.0 Å². The van der Waals surface area contributed by atoms with Crippen molar-refractivity contribution >= 4 is 5.91 Å². The molecule has 2 heterocycles. The van der Waals surface area contributed by atoms with Crippen molar-refractivity contribution in [3.8, 4) is 11.4 Å². The normalized spacial score (nSPS) is 17.9. The summed E-state index contributed by atoms with van der Waals surface area (Å²) >= 11 is 0. The molecule has 0 radical (unpaired) electrons. The lowest BCUT2D eigenvalue weighted by Gasteiger charge is -2.25. The number of aryl methyl sites for hydroxylation is 1. The second kappa shape index (κ2) is 7.35. The maximum Gasteiger partial charge on any atom is 0.249 e. The van der Waals surface area contributed by atoms with Crippen LogP contribution >= 0.6 is 0 Å². The topological polar surface area (TPSA) is 59.2 Å². The van der Waals surface area contributed by atoms with Gasteiger partial charge in [-0.05, 0) is 38.3 Å². The van der Waals surface area contributed by atoms with Crippen LogP contribution < -0.4 is 0 Å². The zero-order chi connectivity index (χ0) is 18.8. The molecule has 0 saturated carbocycles. The molecule has 5 nitrogen and oxygen atoms in total. The van der Waals surface area contributed by atoms with E-state index in [0.717, 1.165) is 36.1 Å². The number of benzene rings is 2. The SMILES string of the molecule is Cc1cccc(-c2noc(C3CCCN3C(=O)C(C)c3ccccc3)n2)c1. The van der Waals surface area contributed by atoms with Gasteiger partial charge >= 0.3 is 0 Å². The Hall–Kier alpha value is -2.95. The van der Waals surface area contributed by atoms with Crippen molar-refractivity contribution in [3.05, 3.63) is 71.6 Å². The van der Waals surface area contributed by atoms with Crippen LogP contribution in [-0.2, 0) is 4.79 Å². The van der Waals surface area contributed by atoms with Crippen LogP contribution in [-0.4, -0.2) is 27.5 Å². The first-order chi connectivity index (χ1) is 13.1. The summed E-state index contributed by atoms with van der Waals surface area (Å²) in [5, 5.41) is 4.14. The molecule has 5 heteroatoms. The molecule has 0 bridgehead atoms. The molecule has 2 atom stereocenters. The Morgan fingerprint density at radius 1 is 1.19 bits per heavy atom. The third kappa shape index (κ3) is 3.50. The third-order valence-electron chi connectivity index (χ3n) is 5.21. The number of likely N-dealkylation sites (tertiary alicyclic amines) is 1. The second-order valence-electron chi connectivity index (χ2n) is 7.15. The van der Waals surface area contributed by atoms with Gasteiger partial charge in [-0.2, -0.15) is 4.98 Å². The monoisotopic (exact) mass is 361 g/mol. The summed E-state index contributed by atoms with van der Waals surface area (Å²) in [7, 11) is 0. The van der Waals surface area contributed by atoms with Crippen LogP contribution in [0.25, 0.3) is 11.4 Å². The number of aromatic nitrogens is 2. The summed E-state index contributed by atoms with van der Waals surface area (Å²) in [5.41, 5.74) is 3.10. The summed E-state index contributed by atoms with van der Waals surface area (Å²) in [5.74, 6) is 1.02. The summed E-state index contributed by atoms with van der Waals surface area (Å²) in [6.07, 6.45) is 1.79. The van der Waals surface area contributed by atoms with Crippen molar-refractivity contribution in [3.63, 3.8) is 0 Å². The zero-order valence-electron chi connectivity index (χ0n) is 15.6. The summed E-state index contributed by atoms with van der Waals surface area (Å²) in [4.78, 5) is 19.6. The minimum absolute atomic E-state index is 0.110. The van der Waals surface area contributed by atoms with E-state index in [1.807, 2.05) is 73.3 Å². The number of carbonyl (C=O) groups is 1. The van der Waals surface area contributed by atoms with E-state index in [4.69, 9.17) is 4.52 Å². The van der Waals surface area contributed by atoms with Crippen LogP contribution in [0.5, 0.6) is 0 Å². The minimum atomic E-state index is -0.189. The maximum absolute atomic E-state index is 13.1. The van der Waals surface area contributed by atoms with E-state index in [1.54, 1.807) is 0 Å². The van der Waals surface area contributed by atoms with Gasteiger partial charge in [0.15, 0.2) is 0 Å². The van der Waals surface area contributed by atoms with E-state index in [9.17, 15) is 4.79 Å². The standard InChI is InChI=1S/C22H23N3O2/c1-15-8-6-11-18(14-15)20-23-21(27-24-20)19-12-7-13-25(19)22(26)16(2)17-9-4-3-5-10-17/h3-6,8-11,14,16,19H,7,12-13H2,1-2H3. The highest BCUT2D eigenvalue weighted by atomic mass is 16.5. The van der Waals surface area contributed by atoms with Gasteiger partial charge in [0, 0.05) is 12.1 Å². The van der Waals surface area contributed by atoms with E-state index >= 15 is 0 Å². The summed E-state index contributed by atoms with van der Waals surface area (Å²) in [6, 6.07) is 17.8. The van der Waals surface area contributed by atoms with Gasteiger partial charge in [-0.15, -0.1) is 0 Å². The molecule has 1 fully saturated rings. The molecular formula is C22H23N3O2. The molecule has 0 spiro atoms. The minimum Gasteiger partial charge on any atom is -0.337 e. The van der Waals surface area contributed by atoms with Crippen LogP contribution in [0.3, 0.4) is 0 Å². The highest BCUT2D eigenvalue weighted by molar-refractivity contribution is 5.84. The molecule has 1 aromatic heterocycles. The van der Waals surface area contributed by atoms with Gasteiger partial charge in [0.05, 0.1) is 5.92 Å². The smallest absolute Gasteiger partial charge is 0.249 e. The molecule has 4 rings (SSSR count). The fourth-order valence-corrected chi connectivity index (χ4v) is 3.69. The number of amides is 1. The van der Waals surface area contributed by atoms with Gasteiger partial charge in [-0.25, -0.2) is 0 Å². The molecule has 1 aliphatic heterocycles. The second-order valence-corrected chi connectivity index (χ2v) is 7.15. The van der Waals surface area contributed by atoms with Gasteiger partial charge in [0.1, 0.15) is 6.04 Å². The molecule has 1 saturated heterocycles. The van der Waals surface area contributed by atoms with Crippen molar-refractivity contribution in [2.24, 2.45) is 0 Å². The molecule has 1 amide bonds. The lowest BCUT2D eigenvalue weighted by atomic mass is 9.99. The highest BCUT2D eigenvalue weighted by Crippen LogP contribution is 2.34. The molecule has 2 aromatic carbocycles. The Morgan fingerprint density at radius 2 is 2.00 bits per heavy atom. The highest BCUT2D eigenvalue weighted by Gasteiger charge is 2.36. The van der Waals surface area contributed by atoms with Crippen LogP contribution in [0.4, 0.5) is 0 Å². The predicted octanol–water partition coefficient (Wildman–Crippen LogP) is 4.51. The molecule has 1 aliphatic rings. The van der Waals surface area contributed by atoms with Crippen LogP contribution in [0.1, 0.15) is 48.7 Å². The van der Waals surface area contributed by atoms with Crippen molar-refractivity contribution < 1.29 is 9.32 Å². The van der Waals surface area contributed by atoms with Crippen molar-refractivity contribution in [1.29, 1.82) is 0 Å². The first-order valence-electron chi connectivity index (χ1n) is 9.39. The zero-order valence-corrected chi connectivity index (χ0v) is 15.6. The predicted molar refractivity (Wildman–Crippen MR) is 103 cm³/mol. The lowest BCUT2D eigenvalue weighted by molar-refractivity contribution is -0.133. The largest absolute Gasteiger partial charge is 0.337 e. The Bertz CT molecular complexity index is 935.